The Morgan fingerprint density at radius 3 is 2.35 bits per heavy atom. The molecule has 1 fully saturated rings. The van der Waals surface area contributed by atoms with Crippen molar-refractivity contribution in [3.63, 3.8) is 0 Å². The van der Waals surface area contributed by atoms with Crippen molar-refractivity contribution in [2.75, 3.05) is 13.1 Å². The summed E-state index contributed by atoms with van der Waals surface area (Å²) in [6, 6.07) is 10.9. The minimum atomic E-state index is -0.0544. The van der Waals surface area contributed by atoms with Gasteiger partial charge in [0, 0.05) is 0 Å². The summed E-state index contributed by atoms with van der Waals surface area (Å²) < 4.78 is 0. The average molecular weight is 228 g/mol. The van der Waals surface area contributed by atoms with Gasteiger partial charge >= 0.3 is 0 Å². The third-order valence-electron chi connectivity index (χ3n) is 3.58. The summed E-state index contributed by atoms with van der Waals surface area (Å²) in [5.74, 6) is 0. The first-order chi connectivity index (χ1) is 8.35. The lowest BCUT2D eigenvalue weighted by Crippen LogP contribution is -2.33. The molecule has 1 heterocycles. The number of nitriles is 1. The maximum Gasteiger partial charge on any atom is 0.123 e. The molecule has 1 aliphatic heterocycles. The Labute approximate surface area is 104 Å². The first kappa shape index (κ1) is 12.1. The van der Waals surface area contributed by atoms with Crippen LogP contribution in [0.1, 0.15) is 43.4 Å². The average Bonchev–Trinajstić information content (AvgIpc) is 2.42. The fourth-order valence-electron chi connectivity index (χ4n) is 2.48. The third kappa shape index (κ3) is 2.87. The summed E-state index contributed by atoms with van der Waals surface area (Å²) in [7, 11) is 0. The Balaban J connectivity index is 2.13. The Morgan fingerprint density at radius 2 is 1.82 bits per heavy atom. The smallest absolute Gasteiger partial charge is 0.123 e. The molecule has 2 rings (SSSR count). The van der Waals surface area contributed by atoms with Crippen LogP contribution in [0.4, 0.5) is 0 Å². The number of hydrogen-bond donors (Lipinski definition) is 0. The predicted molar refractivity (Wildman–Crippen MR) is 69.6 cm³/mol. The maximum absolute atomic E-state index is 9.37. The molecule has 0 aromatic heterocycles. The van der Waals surface area contributed by atoms with E-state index in [0.717, 1.165) is 25.1 Å². The van der Waals surface area contributed by atoms with Gasteiger partial charge in [-0.25, -0.2) is 0 Å². The predicted octanol–water partition coefficient (Wildman–Crippen LogP) is 3.30. The minimum absolute atomic E-state index is 0.0544. The lowest BCUT2D eigenvalue weighted by atomic mass is 10.0. The molecule has 1 atom stereocenters. The second-order valence-corrected chi connectivity index (χ2v) is 4.72. The van der Waals surface area contributed by atoms with Gasteiger partial charge in [0.25, 0.3) is 0 Å². The van der Waals surface area contributed by atoms with Crippen LogP contribution >= 0.6 is 0 Å². The van der Waals surface area contributed by atoms with E-state index in [1.165, 1.54) is 24.8 Å². The highest BCUT2D eigenvalue weighted by molar-refractivity contribution is 5.28. The monoisotopic (exact) mass is 228 g/mol. The van der Waals surface area contributed by atoms with E-state index in [1.807, 2.05) is 0 Å². The van der Waals surface area contributed by atoms with Crippen molar-refractivity contribution >= 4 is 0 Å². The van der Waals surface area contributed by atoms with Crippen molar-refractivity contribution in [2.24, 2.45) is 0 Å². The normalized spacial score (nSPS) is 18.6. The van der Waals surface area contributed by atoms with Crippen LogP contribution in [0.15, 0.2) is 24.3 Å². The molecule has 0 saturated carbocycles. The van der Waals surface area contributed by atoms with E-state index < -0.39 is 0 Å². The van der Waals surface area contributed by atoms with E-state index in [9.17, 15) is 5.26 Å². The molecule has 0 radical (unpaired) electrons. The molecule has 1 unspecified atom stereocenters. The van der Waals surface area contributed by atoms with Crippen molar-refractivity contribution in [1.82, 2.24) is 4.90 Å². The van der Waals surface area contributed by atoms with Gasteiger partial charge in [0.1, 0.15) is 6.04 Å². The van der Waals surface area contributed by atoms with Crippen molar-refractivity contribution in [2.45, 2.75) is 38.6 Å². The van der Waals surface area contributed by atoms with Crippen LogP contribution < -0.4 is 0 Å². The van der Waals surface area contributed by atoms with Crippen molar-refractivity contribution < 1.29 is 0 Å². The fourth-order valence-corrected chi connectivity index (χ4v) is 2.48. The highest BCUT2D eigenvalue weighted by Crippen LogP contribution is 2.24. The largest absolute Gasteiger partial charge is 0.284 e. The molecule has 0 aliphatic carbocycles. The summed E-state index contributed by atoms with van der Waals surface area (Å²) >= 11 is 0. The van der Waals surface area contributed by atoms with Crippen molar-refractivity contribution in [3.05, 3.63) is 35.4 Å². The molecule has 1 aliphatic rings. The first-order valence-corrected chi connectivity index (χ1v) is 6.57. The molecule has 17 heavy (non-hydrogen) atoms. The van der Waals surface area contributed by atoms with Crippen LogP contribution in [0.5, 0.6) is 0 Å². The van der Waals surface area contributed by atoms with E-state index >= 15 is 0 Å². The van der Waals surface area contributed by atoms with E-state index in [4.69, 9.17) is 0 Å². The highest BCUT2D eigenvalue weighted by Gasteiger charge is 2.21. The molecule has 2 nitrogen and oxygen atoms in total. The highest BCUT2D eigenvalue weighted by atomic mass is 15.2. The van der Waals surface area contributed by atoms with Crippen LogP contribution in [-0.4, -0.2) is 18.0 Å². The number of rotatable bonds is 3. The quantitative estimate of drug-likeness (QED) is 0.793. The summed E-state index contributed by atoms with van der Waals surface area (Å²) in [5, 5.41) is 9.37. The molecule has 0 bridgehead atoms. The second kappa shape index (κ2) is 5.84. The minimum Gasteiger partial charge on any atom is -0.284 e. The van der Waals surface area contributed by atoms with E-state index in [1.54, 1.807) is 0 Å². The molecule has 1 aromatic carbocycles. The Morgan fingerprint density at radius 1 is 1.18 bits per heavy atom. The molecule has 1 aromatic rings. The number of aryl methyl sites for hydroxylation is 1. The molecular formula is C15H20N2. The van der Waals surface area contributed by atoms with Gasteiger partial charge in [-0.05, 0) is 43.5 Å². The molecule has 2 heteroatoms. The lowest BCUT2D eigenvalue weighted by molar-refractivity contribution is 0.196. The van der Waals surface area contributed by atoms with E-state index in [2.05, 4.69) is 42.2 Å². The van der Waals surface area contributed by atoms with Gasteiger partial charge in [-0.3, -0.25) is 4.90 Å². The molecule has 0 spiro atoms. The summed E-state index contributed by atoms with van der Waals surface area (Å²) in [6.45, 7) is 4.28. The van der Waals surface area contributed by atoms with Gasteiger partial charge in [-0.2, -0.15) is 5.26 Å². The van der Waals surface area contributed by atoms with Gasteiger partial charge in [-0.1, -0.05) is 37.6 Å². The number of piperidine rings is 1. The number of nitrogens with zero attached hydrogens (tertiary/aromatic N) is 2. The SMILES string of the molecule is CCc1ccc(C(C#N)N2CCCCC2)cc1. The number of likely N-dealkylation sites (tertiary alicyclic amines) is 1. The molecule has 90 valence electrons. The Bertz CT molecular complexity index is 382. The number of benzene rings is 1. The van der Waals surface area contributed by atoms with Crippen molar-refractivity contribution in [1.29, 1.82) is 5.26 Å². The zero-order valence-electron chi connectivity index (χ0n) is 10.5. The standard InChI is InChI=1S/C15H20N2/c1-2-13-6-8-14(9-7-13)15(12-16)17-10-4-3-5-11-17/h6-9,15H,2-5,10-11H2,1H3. The van der Waals surface area contributed by atoms with Crippen LogP contribution in [0.25, 0.3) is 0 Å². The first-order valence-electron chi connectivity index (χ1n) is 6.57. The van der Waals surface area contributed by atoms with Crippen LogP contribution in [0.3, 0.4) is 0 Å². The van der Waals surface area contributed by atoms with E-state index in [-0.39, 0.29) is 6.04 Å². The van der Waals surface area contributed by atoms with Crippen LogP contribution in [0.2, 0.25) is 0 Å². The topological polar surface area (TPSA) is 27.0 Å². The second-order valence-electron chi connectivity index (χ2n) is 4.72. The van der Waals surface area contributed by atoms with Gasteiger partial charge in [0.05, 0.1) is 6.07 Å². The van der Waals surface area contributed by atoms with Gasteiger partial charge in [0.2, 0.25) is 0 Å². The summed E-state index contributed by atoms with van der Waals surface area (Å²) in [4.78, 5) is 2.31. The van der Waals surface area contributed by atoms with Gasteiger partial charge in [-0.15, -0.1) is 0 Å². The Kier molecular flexibility index (Phi) is 4.17. The molecule has 0 amide bonds. The van der Waals surface area contributed by atoms with Gasteiger partial charge < -0.3 is 0 Å². The summed E-state index contributed by atoms with van der Waals surface area (Å²) in [5.41, 5.74) is 2.48. The third-order valence-corrected chi connectivity index (χ3v) is 3.58. The maximum atomic E-state index is 9.37. The van der Waals surface area contributed by atoms with Crippen LogP contribution in [0, 0.1) is 11.3 Å². The molecule has 1 saturated heterocycles. The zero-order valence-corrected chi connectivity index (χ0v) is 10.5. The van der Waals surface area contributed by atoms with E-state index in [0.29, 0.717) is 0 Å². The fraction of sp³-hybridized carbons (Fsp3) is 0.533. The number of hydrogen-bond acceptors (Lipinski definition) is 2. The molecular weight excluding hydrogens is 208 g/mol. The lowest BCUT2D eigenvalue weighted by Gasteiger charge is -2.30. The van der Waals surface area contributed by atoms with Crippen molar-refractivity contribution in [3.8, 4) is 6.07 Å². The summed E-state index contributed by atoms with van der Waals surface area (Å²) in [6.07, 6.45) is 4.82. The zero-order chi connectivity index (χ0) is 12.1. The Hall–Kier alpha value is -1.33. The molecule has 0 N–H and O–H groups in total. The van der Waals surface area contributed by atoms with Gasteiger partial charge in [0.15, 0.2) is 0 Å². The van der Waals surface area contributed by atoms with Crippen LogP contribution in [-0.2, 0) is 6.42 Å².